The highest BCUT2D eigenvalue weighted by atomic mass is 32.2. The highest BCUT2D eigenvalue weighted by Gasteiger charge is 2.28. The lowest BCUT2D eigenvalue weighted by Gasteiger charge is -2.10. The summed E-state index contributed by atoms with van der Waals surface area (Å²) in [6.07, 6.45) is 0.749. The average molecular weight is 311 g/mol. The molecule has 3 rings (SSSR count). The topological polar surface area (TPSA) is 46.2 Å². The van der Waals surface area contributed by atoms with Gasteiger partial charge in [-0.3, -0.25) is 9.59 Å². The number of ketones is 1. The maximum Gasteiger partial charge on any atom is 0.238 e. The summed E-state index contributed by atoms with van der Waals surface area (Å²) in [5.41, 5.74) is 3.72. The van der Waals surface area contributed by atoms with Crippen LogP contribution in [0, 0.1) is 6.92 Å². The summed E-state index contributed by atoms with van der Waals surface area (Å²) in [4.78, 5) is 25.0. The Morgan fingerprint density at radius 2 is 2.00 bits per heavy atom. The molecule has 1 atom stereocenters. The zero-order valence-corrected chi connectivity index (χ0v) is 13.4. The van der Waals surface area contributed by atoms with E-state index in [1.165, 1.54) is 22.9 Å². The Hall–Kier alpha value is -2.07. The van der Waals surface area contributed by atoms with E-state index in [1.807, 2.05) is 0 Å². The van der Waals surface area contributed by atoms with Crippen molar-refractivity contribution in [3.05, 3.63) is 59.2 Å². The van der Waals surface area contributed by atoms with Gasteiger partial charge in [-0.15, -0.1) is 11.8 Å². The number of benzene rings is 2. The van der Waals surface area contributed by atoms with Crippen molar-refractivity contribution in [3.8, 4) is 0 Å². The molecule has 0 saturated heterocycles. The van der Waals surface area contributed by atoms with Gasteiger partial charge in [0.1, 0.15) is 0 Å². The Morgan fingerprint density at radius 3 is 2.77 bits per heavy atom. The number of amides is 1. The SMILES string of the molecule is CC(=O)c1cccc(NC(=O)[C@@H]2Cc3ccc(C)cc3S2)c1. The molecule has 22 heavy (non-hydrogen) atoms. The maximum absolute atomic E-state index is 12.4. The Bertz CT molecular complexity index is 755. The van der Waals surface area contributed by atoms with E-state index in [0.29, 0.717) is 11.3 Å². The predicted molar refractivity (Wildman–Crippen MR) is 89.6 cm³/mol. The minimum atomic E-state index is -0.113. The fraction of sp³-hybridized carbons (Fsp3) is 0.222. The van der Waals surface area contributed by atoms with E-state index in [1.54, 1.807) is 36.0 Å². The van der Waals surface area contributed by atoms with Crippen LogP contribution in [0.3, 0.4) is 0 Å². The summed E-state index contributed by atoms with van der Waals surface area (Å²) in [6, 6.07) is 13.4. The highest BCUT2D eigenvalue weighted by molar-refractivity contribution is 8.01. The van der Waals surface area contributed by atoms with Crippen molar-refractivity contribution in [1.82, 2.24) is 0 Å². The van der Waals surface area contributed by atoms with Gasteiger partial charge in [0, 0.05) is 16.1 Å². The number of hydrogen-bond donors (Lipinski definition) is 1. The number of carbonyl (C=O) groups excluding carboxylic acids is 2. The molecule has 1 amide bonds. The molecule has 1 aliphatic rings. The molecule has 0 fully saturated rings. The third-order valence-corrected chi connectivity index (χ3v) is 5.03. The van der Waals surface area contributed by atoms with Crippen molar-refractivity contribution < 1.29 is 9.59 Å². The quantitative estimate of drug-likeness (QED) is 0.876. The van der Waals surface area contributed by atoms with Crippen LogP contribution in [0.5, 0.6) is 0 Å². The zero-order valence-electron chi connectivity index (χ0n) is 12.6. The second-order valence-electron chi connectivity index (χ2n) is 5.55. The van der Waals surface area contributed by atoms with E-state index in [-0.39, 0.29) is 16.9 Å². The summed E-state index contributed by atoms with van der Waals surface area (Å²) < 4.78 is 0. The van der Waals surface area contributed by atoms with Crippen LogP contribution in [0.15, 0.2) is 47.4 Å². The van der Waals surface area contributed by atoms with Crippen LogP contribution < -0.4 is 5.32 Å². The molecule has 0 bridgehead atoms. The van der Waals surface area contributed by atoms with Crippen LogP contribution in [-0.4, -0.2) is 16.9 Å². The minimum Gasteiger partial charge on any atom is -0.325 e. The fourth-order valence-corrected chi connectivity index (χ4v) is 3.81. The monoisotopic (exact) mass is 311 g/mol. The minimum absolute atomic E-state index is 0.00535. The number of aryl methyl sites for hydroxylation is 1. The number of thioether (sulfide) groups is 1. The van der Waals surface area contributed by atoms with E-state index >= 15 is 0 Å². The molecule has 0 radical (unpaired) electrons. The smallest absolute Gasteiger partial charge is 0.238 e. The van der Waals surface area contributed by atoms with Crippen molar-refractivity contribution in [1.29, 1.82) is 0 Å². The van der Waals surface area contributed by atoms with Crippen LogP contribution >= 0.6 is 11.8 Å². The Kier molecular flexibility index (Phi) is 4.03. The molecule has 0 saturated carbocycles. The molecule has 0 unspecified atom stereocenters. The van der Waals surface area contributed by atoms with Gasteiger partial charge < -0.3 is 5.32 Å². The fourth-order valence-electron chi connectivity index (χ4n) is 2.52. The third kappa shape index (κ3) is 3.07. The zero-order chi connectivity index (χ0) is 15.7. The third-order valence-electron chi connectivity index (χ3n) is 3.73. The number of fused-ring (bicyclic) bond motifs is 1. The van der Waals surface area contributed by atoms with Crippen LogP contribution in [0.25, 0.3) is 0 Å². The number of anilines is 1. The molecule has 112 valence electrons. The summed E-state index contributed by atoms with van der Waals surface area (Å²) in [5, 5.41) is 2.80. The molecule has 2 aromatic rings. The highest BCUT2D eigenvalue weighted by Crippen LogP contribution is 2.38. The largest absolute Gasteiger partial charge is 0.325 e. The first-order chi connectivity index (χ1) is 10.5. The Labute approximate surface area is 134 Å². The number of nitrogens with one attached hydrogen (secondary N) is 1. The summed E-state index contributed by atoms with van der Waals surface area (Å²) in [5.74, 6) is -0.0197. The Morgan fingerprint density at radius 1 is 1.18 bits per heavy atom. The summed E-state index contributed by atoms with van der Waals surface area (Å²) in [7, 11) is 0. The first-order valence-corrected chi connectivity index (χ1v) is 8.09. The molecule has 3 nitrogen and oxygen atoms in total. The number of rotatable bonds is 3. The number of hydrogen-bond acceptors (Lipinski definition) is 3. The van der Waals surface area contributed by atoms with Gasteiger partial charge in [-0.25, -0.2) is 0 Å². The molecule has 1 N–H and O–H groups in total. The van der Waals surface area contributed by atoms with Crippen LogP contribution in [-0.2, 0) is 11.2 Å². The molecular formula is C18H17NO2S. The molecule has 1 heterocycles. The molecular weight excluding hydrogens is 294 g/mol. The second-order valence-corrected chi connectivity index (χ2v) is 6.79. The van der Waals surface area contributed by atoms with E-state index in [2.05, 4.69) is 30.4 Å². The van der Waals surface area contributed by atoms with Crippen LogP contribution in [0.4, 0.5) is 5.69 Å². The Balaban J connectivity index is 1.71. The van der Waals surface area contributed by atoms with Gasteiger partial charge in [-0.1, -0.05) is 29.8 Å². The lowest BCUT2D eigenvalue weighted by molar-refractivity contribution is -0.115. The predicted octanol–water partition coefficient (Wildman–Crippen LogP) is 3.85. The lowest BCUT2D eigenvalue weighted by atomic mass is 10.1. The molecule has 2 aromatic carbocycles. The standard InChI is InChI=1S/C18H17NO2S/c1-11-6-7-14-10-17(22-16(14)8-11)18(21)19-15-5-3-4-13(9-15)12(2)20/h3-9,17H,10H2,1-2H3,(H,19,21)/t17-/m0/s1. The van der Waals surface area contributed by atoms with Gasteiger partial charge in [0.25, 0.3) is 0 Å². The second kappa shape index (κ2) is 5.97. The van der Waals surface area contributed by atoms with E-state index < -0.39 is 0 Å². The molecule has 4 heteroatoms. The van der Waals surface area contributed by atoms with Crippen molar-refractivity contribution in [2.45, 2.75) is 30.4 Å². The van der Waals surface area contributed by atoms with Gasteiger partial charge in [0.15, 0.2) is 5.78 Å². The van der Waals surface area contributed by atoms with Gasteiger partial charge in [0.2, 0.25) is 5.91 Å². The maximum atomic E-state index is 12.4. The summed E-state index contributed by atoms with van der Waals surface area (Å²) >= 11 is 1.61. The first-order valence-electron chi connectivity index (χ1n) is 7.21. The molecule has 0 aliphatic carbocycles. The van der Waals surface area contributed by atoms with Gasteiger partial charge in [0.05, 0.1) is 5.25 Å². The molecule has 0 spiro atoms. The van der Waals surface area contributed by atoms with Crippen molar-refractivity contribution >= 4 is 29.1 Å². The van der Waals surface area contributed by atoms with Crippen molar-refractivity contribution in [2.24, 2.45) is 0 Å². The van der Waals surface area contributed by atoms with E-state index in [4.69, 9.17) is 0 Å². The number of Topliss-reactive ketones (excluding diaryl/α,β-unsaturated/α-hetero) is 1. The number of carbonyl (C=O) groups is 2. The van der Waals surface area contributed by atoms with Crippen LogP contribution in [0.2, 0.25) is 0 Å². The first kappa shape index (κ1) is 14.9. The van der Waals surface area contributed by atoms with E-state index in [0.717, 1.165) is 6.42 Å². The van der Waals surface area contributed by atoms with Crippen molar-refractivity contribution in [2.75, 3.05) is 5.32 Å². The van der Waals surface area contributed by atoms with Crippen LogP contribution in [0.1, 0.15) is 28.4 Å². The van der Waals surface area contributed by atoms with Gasteiger partial charge >= 0.3 is 0 Å². The summed E-state index contributed by atoms with van der Waals surface area (Å²) in [6.45, 7) is 3.58. The molecule has 0 aromatic heterocycles. The van der Waals surface area contributed by atoms with Gasteiger partial charge in [-0.2, -0.15) is 0 Å². The normalized spacial score (nSPS) is 16.2. The van der Waals surface area contributed by atoms with Gasteiger partial charge in [-0.05, 0) is 44.0 Å². The molecule has 1 aliphatic heterocycles. The van der Waals surface area contributed by atoms with E-state index in [9.17, 15) is 9.59 Å². The lowest BCUT2D eigenvalue weighted by Crippen LogP contribution is -2.24. The average Bonchev–Trinajstić information content (AvgIpc) is 2.90. The van der Waals surface area contributed by atoms with Crippen molar-refractivity contribution in [3.63, 3.8) is 0 Å².